The minimum atomic E-state index is 0.546. The van der Waals surface area contributed by atoms with Crippen LogP contribution in [0.2, 0.25) is 0 Å². The Morgan fingerprint density at radius 1 is 1.88 bits per heavy atom. The van der Waals surface area contributed by atoms with E-state index in [1.165, 1.54) is 0 Å². The molecule has 0 aliphatic rings. The lowest BCUT2D eigenvalue weighted by atomic mass is 10.5. The zero-order valence-electron chi connectivity index (χ0n) is 4.86. The molecule has 0 unspecified atom stereocenters. The second kappa shape index (κ2) is 4.88. The van der Waals surface area contributed by atoms with E-state index in [0.29, 0.717) is 11.6 Å². The fraction of sp³-hybridized carbons (Fsp3) is 0.333. The normalized spacial score (nSPS) is 11.5. The van der Waals surface area contributed by atoms with Gasteiger partial charge in [-0.15, -0.1) is 0 Å². The summed E-state index contributed by atoms with van der Waals surface area (Å²) in [5, 5.41) is 0.631. The number of methoxy groups -OCH3 is 1. The van der Waals surface area contributed by atoms with Gasteiger partial charge in [0.2, 0.25) is 0 Å². The van der Waals surface area contributed by atoms with Crippen molar-refractivity contribution in [1.29, 1.82) is 0 Å². The summed E-state index contributed by atoms with van der Waals surface area (Å²) in [6.45, 7) is 4.00. The number of rotatable bonds is 3. The SMILES string of the molecule is C=C/C(Cl)=C/COC. The first-order valence-corrected chi connectivity index (χ1v) is 2.66. The molecule has 0 heterocycles. The van der Waals surface area contributed by atoms with Crippen molar-refractivity contribution in [2.24, 2.45) is 0 Å². The van der Waals surface area contributed by atoms with Crippen molar-refractivity contribution < 1.29 is 4.74 Å². The van der Waals surface area contributed by atoms with Gasteiger partial charge in [0.25, 0.3) is 0 Å². The van der Waals surface area contributed by atoms with Gasteiger partial charge in [0.15, 0.2) is 0 Å². The highest BCUT2D eigenvalue weighted by Crippen LogP contribution is 1.99. The molecule has 0 atom stereocenters. The molecular formula is C6H9ClO. The molecule has 0 aliphatic heterocycles. The highest BCUT2D eigenvalue weighted by Gasteiger charge is 1.78. The number of halogens is 1. The van der Waals surface area contributed by atoms with E-state index < -0.39 is 0 Å². The Bertz CT molecular complexity index is 96.7. The maximum atomic E-state index is 5.51. The van der Waals surface area contributed by atoms with Crippen LogP contribution in [-0.2, 0) is 4.74 Å². The summed E-state index contributed by atoms with van der Waals surface area (Å²) in [5.74, 6) is 0. The van der Waals surface area contributed by atoms with E-state index in [1.807, 2.05) is 0 Å². The zero-order chi connectivity index (χ0) is 6.41. The number of ether oxygens (including phenoxy) is 1. The van der Waals surface area contributed by atoms with Crippen molar-refractivity contribution >= 4 is 11.6 Å². The first kappa shape index (κ1) is 7.73. The number of allylic oxidation sites excluding steroid dienone is 2. The third kappa shape index (κ3) is 3.90. The average Bonchev–Trinajstić information content (AvgIpc) is 1.83. The van der Waals surface area contributed by atoms with Gasteiger partial charge in [0, 0.05) is 12.1 Å². The Kier molecular flexibility index (Phi) is 4.71. The number of hydrogen-bond acceptors (Lipinski definition) is 1. The second-order valence-corrected chi connectivity index (χ2v) is 1.68. The number of hydrogen-bond donors (Lipinski definition) is 0. The molecule has 0 aromatic heterocycles. The van der Waals surface area contributed by atoms with Crippen LogP contribution in [-0.4, -0.2) is 13.7 Å². The lowest BCUT2D eigenvalue weighted by molar-refractivity contribution is 0.233. The molecule has 0 aliphatic carbocycles. The second-order valence-electron chi connectivity index (χ2n) is 1.25. The first-order valence-electron chi connectivity index (χ1n) is 2.28. The third-order valence-electron chi connectivity index (χ3n) is 0.640. The van der Waals surface area contributed by atoms with Crippen LogP contribution in [0.3, 0.4) is 0 Å². The van der Waals surface area contributed by atoms with Gasteiger partial charge in [-0.3, -0.25) is 0 Å². The minimum absolute atomic E-state index is 0.546. The molecule has 0 fully saturated rings. The molecule has 0 amide bonds. The maximum absolute atomic E-state index is 5.51. The summed E-state index contributed by atoms with van der Waals surface area (Å²) < 4.78 is 4.71. The fourth-order valence-corrected chi connectivity index (χ4v) is 0.309. The zero-order valence-corrected chi connectivity index (χ0v) is 5.61. The van der Waals surface area contributed by atoms with Crippen molar-refractivity contribution in [3.05, 3.63) is 23.8 Å². The summed E-state index contributed by atoms with van der Waals surface area (Å²) in [7, 11) is 1.61. The van der Waals surface area contributed by atoms with Crippen molar-refractivity contribution in [3.63, 3.8) is 0 Å². The largest absolute Gasteiger partial charge is 0.381 e. The fourth-order valence-electron chi connectivity index (χ4n) is 0.246. The van der Waals surface area contributed by atoms with Gasteiger partial charge in [-0.25, -0.2) is 0 Å². The maximum Gasteiger partial charge on any atom is 0.0660 e. The first-order chi connectivity index (χ1) is 3.81. The molecule has 0 N–H and O–H groups in total. The van der Waals surface area contributed by atoms with E-state index in [-0.39, 0.29) is 0 Å². The van der Waals surface area contributed by atoms with Gasteiger partial charge < -0.3 is 4.74 Å². The molecule has 0 bridgehead atoms. The smallest absolute Gasteiger partial charge is 0.0660 e. The molecular weight excluding hydrogens is 124 g/mol. The van der Waals surface area contributed by atoms with E-state index >= 15 is 0 Å². The molecule has 0 aromatic carbocycles. The van der Waals surface area contributed by atoms with E-state index in [4.69, 9.17) is 16.3 Å². The molecule has 8 heavy (non-hydrogen) atoms. The van der Waals surface area contributed by atoms with Crippen LogP contribution >= 0.6 is 11.6 Å². The van der Waals surface area contributed by atoms with E-state index in [9.17, 15) is 0 Å². The van der Waals surface area contributed by atoms with Crippen LogP contribution in [0.1, 0.15) is 0 Å². The molecule has 0 rings (SSSR count). The average molecular weight is 133 g/mol. The van der Waals surface area contributed by atoms with Crippen LogP contribution in [0.15, 0.2) is 23.8 Å². The van der Waals surface area contributed by atoms with E-state index in [0.717, 1.165) is 0 Å². The summed E-state index contributed by atoms with van der Waals surface area (Å²) in [5.41, 5.74) is 0. The Labute approximate surface area is 54.6 Å². The topological polar surface area (TPSA) is 9.23 Å². The van der Waals surface area contributed by atoms with E-state index in [1.54, 1.807) is 19.3 Å². The van der Waals surface area contributed by atoms with Crippen molar-refractivity contribution in [3.8, 4) is 0 Å². The lowest BCUT2D eigenvalue weighted by Crippen LogP contribution is -1.80. The van der Waals surface area contributed by atoms with Crippen LogP contribution in [0.25, 0.3) is 0 Å². The van der Waals surface area contributed by atoms with Gasteiger partial charge in [0.1, 0.15) is 0 Å². The summed E-state index contributed by atoms with van der Waals surface area (Å²) >= 11 is 5.51. The van der Waals surface area contributed by atoms with Gasteiger partial charge >= 0.3 is 0 Å². The Morgan fingerprint density at radius 2 is 2.50 bits per heavy atom. The molecule has 0 spiro atoms. The standard InChI is InChI=1S/C6H9ClO/c1-3-6(7)4-5-8-2/h3-4H,1,5H2,2H3/b6-4-. The predicted octanol–water partition coefficient (Wildman–Crippen LogP) is 1.94. The molecule has 0 radical (unpaired) electrons. The van der Waals surface area contributed by atoms with Gasteiger partial charge in [-0.05, 0) is 6.08 Å². The van der Waals surface area contributed by atoms with Crippen LogP contribution in [0, 0.1) is 0 Å². The quantitative estimate of drug-likeness (QED) is 0.534. The van der Waals surface area contributed by atoms with E-state index in [2.05, 4.69) is 6.58 Å². The molecule has 0 saturated carbocycles. The van der Waals surface area contributed by atoms with Crippen molar-refractivity contribution in [2.45, 2.75) is 0 Å². The molecule has 0 saturated heterocycles. The highest BCUT2D eigenvalue weighted by atomic mass is 35.5. The predicted molar refractivity (Wildman–Crippen MR) is 36.0 cm³/mol. The molecule has 2 heteroatoms. The van der Waals surface area contributed by atoms with Crippen LogP contribution in [0.5, 0.6) is 0 Å². The Balaban J connectivity index is 3.40. The molecule has 1 nitrogen and oxygen atoms in total. The monoisotopic (exact) mass is 132 g/mol. The molecule has 46 valence electrons. The third-order valence-corrected chi connectivity index (χ3v) is 0.949. The van der Waals surface area contributed by atoms with Crippen molar-refractivity contribution in [2.75, 3.05) is 13.7 Å². The summed E-state index contributed by atoms with van der Waals surface area (Å²) in [6.07, 6.45) is 3.31. The van der Waals surface area contributed by atoms with Gasteiger partial charge in [0.05, 0.1) is 6.61 Å². The van der Waals surface area contributed by atoms with Gasteiger partial charge in [-0.2, -0.15) is 0 Å². The summed E-state index contributed by atoms with van der Waals surface area (Å²) in [4.78, 5) is 0. The Hall–Kier alpha value is -0.270. The van der Waals surface area contributed by atoms with Gasteiger partial charge in [-0.1, -0.05) is 24.3 Å². The molecule has 0 aromatic rings. The van der Waals surface area contributed by atoms with Crippen LogP contribution in [0.4, 0.5) is 0 Å². The van der Waals surface area contributed by atoms with Crippen molar-refractivity contribution in [1.82, 2.24) is 0 Å². The Morgan fingerprint density at radius 3 is 2.88 bits per heavy atom. The summed E-state index contributed by atoms with van der Waals surface area (Å²) in [6, 6.07) is 0. The van der Waals surface area contributed by atoms with Crippen LogP contribution < -0.4 is 0 Å². The lowest BCUT2D eigenvalue weighted by Gasteiger charge is -1.87. The highest BCUT2D eigenvalue weighted by molar-refractivity contribution is 6.31. The minimum Gasteiger partial charge on any atom is -0.381 e.